The van der Waals surface area contributed by atoms with Crippen LogP contribution in [-0.4, -0.2) is 29.3 Å². The van der Waals surface area contributed by atoms with Gasteiger partial charge in [-0.1, -0.05) is 28.1 Å². The van der Waals surface area contributed by atoms with Crippen molar-refractivity contribution in [2.45, 2.75) is 19.4 Å². The van der Waals surface area contributed by atoms with Crippen LogP contribution in [0.3, 0.4) is 0 Å². The van der Waals surface area contributed by atoms with Gasteiger partial charge in [0.15, 0.2) is 0 Å². The first-order chi connectivity index (χ1) is 10.2. The molecule has 0 saturated heterocycles. The topological polar surface area (TPSA) is 59.0 Å². The fourth-order valence-electron chi connectivity index (χ4n) is 2.00. The number of anilines is 1. The maximum absolute atomic E-state index is 11.9. The van der Waals surface area contributed by atoms with Crippen molar-refractivity contribution in [3.05, 3.63) is 46.6 Å². The minimum Gasteiger partial charge on any atom is -0.320 e. The average molecular weight is 388 g/mol. The zero-order valence-corrected chi connectivity index (χ0v) is 14.8. The molecule has 0 aliphatic carbocycles. The van der Waals surface area contributed by atoms with Crippen LogP contribution in [0, 0.1) is 0 Å². The molecule has 7 heteroatoms. The van der Waals surface area contributed by atoms with Gasteiger partial charge < -0.3 is 10.6 Å². The van der Waals surface area contributed by atoms with Gasteiger partial charge in [-0.25, -0.2) is 4.68 Å². The molecule has 0 saturated carbocycles. The van der Waals surface area contributed by atoms with Crippen molar-refractivity contribution in [2.24, 2.45) is 0 Å². The number of nitrogens with one attached hydrogen (secondary N) is 2. The summed E-state index contributed by atoms with van der Waals surface area (Å²) in [6.07, 6.45) is 3.02. The normalized spacial score (nSPS) is 10.1. The SMILES string of the molecule is CNCCCC(=O)Nc1ccnn1Cc1cccc(Br)c1.Cl. The summed E-state index contributed by atoms with van der Waals surface area (Å²) in [7, 11) is 1.88. The second-order valence-electron chi connectivity index (χ2n) is 4.76. The number of halogens is 2. The molecule has 0 aliphatic heterocycles. The Hall–Kier alpha value is -1.37. The first-order valence-corrected chi connectivity index (χ1v) is 7.69. The number of nitrogens with zero attached hydrogens (tertiary/aromatic N) is 2. The monoisotopic (exact) mass is 386 g/mol. The van der Waals surface area contributed by atoms with Crippen molar-refractivity contribution in [3.8, 4) is 0 Å². The molecule has 1 heterocycles. The summed E-state index contributed by atoms with van der Waals surface area (Å²) in [6, 6.07) is 9.86. The summed E-state index contributed by atoms with van der Waals surface area (Å²) in [6.45, 7) is 1.46. The molecule has 0 unspecified atom stereocenters. The Morgan fingerprint density at radius 1 is 1.36 bits per heavy atom. The second-order valence-corrected chi connectivity index (χ2v) is 5.67. The van der Waals surface area contributed by atoms with E-state index in [2.05, 4.69) is 31.7 Å². The molecule has 0 fully saturated rings. The summed E-state index contributed by atoms with van der Waals surface area (Å²) in [4.78, 5) is 11.9. The molecule has 1 amide bonds. The third-order valence-electron chi connectivity index (χ3n) is 3.04. The van der Waals surface area contributed by atoms with Crippen molar-refractivity contribution in [1.29, 1.82) is 0 Å². The summed E-state index contributed by atoms with van der Waals surface area (Å²) >= 11 is 3.45. The van der Waals surface area contributed by atoms with Crippen LogP contribution in [-0.2, 0) is 11.3 Å². The number of aromatic nitrogens is 2. The van der Waals surface area contributed by atoms with Crippen molar-refractivity contribution in [3.63, 3.8) is 0 Å². The number of benzene rings is 1. The highest BCUT2D eigenvalue weighted by Crippen LogP contribution is 2.15. The van der Waals surface area contributed by atoms with Crippen molar-refractivity contribution in [1.82, 2.24) is 15.1 Å². The number of hydrogen-bond donors (Lipinski definition) is 2. The van der Waals surface area contributed by atoms with Gasteiger partial charge in [-0.15, -0.1) is 12.4 Å². The fraction of sp³-hybridized carbons (Fsp3) is 0.333. The molecule has 0 radical (unpaired) electrons. The first-order valence-electron chi connectivity index (χ1n) is 6.90. The van der Waals surface area contributed by atoms with Gasteiger partial charge in [-0.3, -0.25) is 4.79 Å². The van der Waals surface area contributed by atoms with Crippen LogP contribution in [0.2, 0.25) is 0 Å². The predicted octanol–water partition coefficient (Wildman–Crippen LogP) is 3.05. The predicted molar refractivity (Wildman–Crippen MR) is 94.5 cm³/mol. The maximum Gasteiger partial charge on any atom is 0.225 e. The van der Waals surface area contributed by atoms with Crippen molar-refractivity contribution in [2.75, 3.05) is 18.9 Å². The highest BCUT2D eigenvalue weighted by Gasteiger charge is 2.07. The highest BCUT2D eigenvalue weighted by molar-refractivity contribution is 9.10. The van der Waals surface area contributed by atoms with Crippen LogP contribution >= 0.6 is 28.3 Å². The fourth-order valence-corrected chi connectivity index (χ4v) is 2.45. The Morgan fingerprint density at radius 2 is 2.18 bits per heavy atom. The van der Waals surface area contributed by atoms with Crippen molar-refractivity contribution >= 4 is 40.1 Å². The molecule has 0 atom stereocenters. The Balaban J connectivity index is 0.00000242. The number of amides is 1. The van der Waals surface area contributed by atoms with Crippen molar-refractivity contribution < 1.29 is 4.79 Å². The van der Waals surface area contributed by atoms with Crippen LogP contribution < -0.4 is 10.6 Å². The van der Waals surface area contributed by atoms with Crippen LogP contribution in [0.25, 0.3) is 0 Å². The van der Waals surface area contributed by atoms with Gasteiger partial charge in [0.05, 0.1) is 12.7 Å². The van der Waals surface area contributed by atoms with E-state index in [4.69, 9.17) is 0 Å². The molecular weight excluding hydrogens is 368 g/mol. The molecule has 120 valence electrons. The second kappa shape index (κ2) is 9.61. The summed E-state index contributed by atoms with van der Waals surface area (Å²) in [5.41, 5.74) is 1.12. The van der Waals surface area contributed by atoms with E-state index in [-0.39, 0.29) is 18.3 Å². The lowest BCUT2D eigenvalue weighted by Crippen LogP contribution is -2.17. The highest BCUT2D eigenvalue weighted by atomic mass is 79.9. The van der Waals surface area contributed by atoms with E-state index in [1.165, 1.54) is 0 Å². The van der Waals surface area contributed by atoms with Gasteiger partial charge in [0, 0.05) is 17.0 Å². The number of hydrogen-bond acceptors (Lipinski definition) is 3. The molecular formula is C15H20BrClN4O. The lowest BCUT2D eigenvalue weighted by molar-refractivity contribution is -0.116. The van der Waals surface area contributed by atoms with Gasteiger partial charge in [0.2, 0.25) is 5.91 Å². The van der Waals surface area contributed by atoms with Gasteiger partial charge in [0.25, 0.3) is 0 Å². The standard InChI is InChI=1S/C15H19BrN4O.ClH/c1-17-8-3-6-15(21)19-14-7-9-18-20(14)11-12-4-2-5-13(16)10-12;/h2,4-5,7,9-10,17H,3,6,8,11H2,1H3,(H,19,21);1H. The van der Waals surface area contributed by atoms with E-state index in [1.54, 1.807) is 10.9 Å². The molecule has 2 N–H and O–H groups in total. The van der Waals surface area contributed by atoms with E-state index in [0.717, 1.165) is 28.8 Å². The lowest BCUT2D eigenvalue weighted by atomic mass is 10.2. The third-order valence-corrected chi connectivity index (χ3v) is 3.53. The van der Waals surface area contributed by atoms with E-state index in [1.807, 2.05) is 37.4 Å². The average Bonchev–Trinajstić information content (AvgIpc) is 2.86. The van der Waals surface area contributed by atoms with Crippen LogP contribution in [0.5, 0.6) is 0 Å². The van der Waals surface area contributed by atoms with Gasteiger partial charge >= 0.3 is 0 Å². The number of rotatable bonds is 7. The van der Waals surface area contributed by atoms with E-state index < -0.39 is 0 Å². The van der Waals surface area contributed by atoms with Crippen LogP contribution in [0.15, 0.2) is 41.0 Å². The van der Waals surface area contributed by atoms with Gasteiger partial charge in [-0.2, -0.15) is 5.10 Å². The zero-order valence-electron chi connectivity index (χ0n) is 12.4. The third kappa shape index (κ3) is 5.79. The molecule has 2 aromatic rings. The lowest BCUT2D eigenvalue weighted by Gasteiger charge is -2.09. The number of carbonyl (C=O) groups excluding carboxylic acids is 1. The molecule has 5 nitrogen and oxygen atoms in total. The zero-order chi connectivity index (χ0) is 15.1. The Morgan fingerprint density at radius 3 is 2.91 bits per heavy atom. The molecule has 2 rings (SSSR count). The summed E-state index contributed by atoms with van der Waals surface area (Å²) < 4.78 is 2.82. The van der Waals surface area contributed by atoms with E-state index in [0.29, 0.717) is 13.0 Å². The quantitative estimate of drug-likeness (QED) is 0.718. The maximum atomic E-state index is 11.9. The first kappa shape index (κ1) is 18.7. The summed E-state index contributed by atoms with van der Waals surface area (Å²) in [5, 5.41) is 10.2. The summed E-state index contributed by atoms with van der Waals surface area (Å²) in [5.74, 6) is 0.741. The van der Waals surface area contributed by atoms with Gasteiger partial charge in [0.1, 0.15) is 5.82 Å². The Bertz CT molecular complexity index is 603. The Kier molecular flexibility index (Phi) is 8.16. The minimum atomic E-state index is 0. The molecule has 22 heavy (non-hydrogen) atoms. The Labute approximate surface area is 145 Å². The van der Waals surface area contributed by atoms with Crippen LogP contribution in [0.4, 0.5) is 5.82 Å². The smallest absolute Gasteiger partial charge is 0.225 e. The molecule has 0 bridgehead atoms. The van der Waals surface area contributed by atoms with E-state index in [9.17, 15) is 4.79 Å². The molecule has 1 aromatic heterocycles. The minimum absolute atomic E-state index is 0. The largest absolute Gasteiger partial charge is 0.320 e. The van der Waals surface area contributed by atoms with E-state index >= 15 is 0 Å². The number of carbonyl (C=O) groups is 1. The molecule has 0 aliphatic rings. The molecule has 0 spiro atoms. The van der Waals surface area contributed by atoms with Gasteiger partial charge in [-0.05, 0) is 37.7 Å². The molecule has 1 aromatic carbocycles. The van der Waals surface area contributed by atoms with Crippen LogP contribution in [0.1, 0.15) is 18.4 Å².